The molecule has 0 unspecified atom stereocenters. The molecule has 138 valence electrons. The Hall–Kier alpha value is -2.49. The predicted octanol–water partition coefficient (Wildman–Crippen LogP) is 2.66. The van der Waals surface area contributed by atoms with E-state index in [0.717, 1.165) is 0 Å². The third kappa shape index (κ3) is 5.25. The first kappa shape index (κ1) is 19.8. The molecule has 10 heteroatoms. The van der Waals surface area contributed by atoms with E-state index >= 15 is 0 Å². The van der Waals surface area contributed by atoms with E-state index in [1.54, 1.807) is 6.07 Å². The summed E-state index contributed by atoms with van der Waals surface area (Å²) in [5.74, 6) is -0.811. The van der Waals surface area contributed by atoms with E-state index in [2.05, 4.69) is 4.72 Å². The number of benzene rings is 2. The average Bonchev–Trinajstić information content (AvgIpc) is 2.59. The van der Waals surface area contributed by atoms with Gasteiger partial charge in [-0.2, -0.15) is 4.72 Å². The van der Waals surface area contributed by atoms with Crippen LogP contribution in [0.2, 0.25) is 5.02 Å². The summed E-state index contributed by atoms with van der Waals surface area (Å²) in [5.41, 5.74) is 0.287. The number of ether oxygens (including phenoxy) is 1. The van der Waals surface area contributed by atoms with Gasteiger partial charge in [0.1, 0.15) is 12.6 Å². The van der Waals surface area contributed by atoms with Crippen molar-refractivity contribution in [3.63, 3.8) is 0 Å². The van der Waals surface area contributed by atoms with Crippen LogP contribution in [0.4, 0.5) is 5.69 Å². The molecule has 1 N–H and O–H groups in total. The Labute approximate surface area is 154 Å². The van der Waals surface area contributed by atoms with Crippen LogP contribution in [-0.4, -0.2) is 25.4 Å². The fourth-order valence-corrected chi connectivity index (χ4v) is 3.32. The first-order valence-electron chi connectivity index (χ1n) is 7.37. The van der Waals surface area contributed by atoms with Gasteiger partial charge < -0.3 is 4.74 Å². The van der Waals surface area contributed by atoms with Crippen LogP contribution in [0.15, 0.2) is 53.4 Å². The second kappa shape index (κ2) is 8.26. The second-order valence-electron chi connectivity index (χ2n) is 5.33. The van der Waals surface area contributed by atoms with Gasteiger partial charge in [0.05, 0.1) is 9.82 Å². The van der Waals surface area contributed by atoms with Crippen molar-refractivity contribution in [1.82, 2.24) is 4.72 Å². The Bertz CT molecular complexity index is 915. The highest BCUT2D eigenvalue weighted by molar-refractivity contribution is 7.89. The highest BCUT2D eigenvalue weighted by Gasteiger charge is 2.23. The van der Waals surface area contributed by atoms with Gasteiger partial charge >= 0.3 is 5.97 Å². The molecule has 0 saturated heterocycles. The molecular formula is C16H15ClN2O6S. The number of nitrogens with one attached hydrogen (secondary N) is 1. The molecule has 8 nitrogen and oxygen atoms in total. The van der Waals surface area contributed by atoms with Crippen LogP contribution in [0, 0.1) is 10.1 Å². The maximum atomic E-state index is 12.2. The summed E-state index contributed by atoms with van der Waals surface area (Å²) in [6, 6.07) is 9.93. The number of nitrogens with zero attached hydrogens (tertiary/aromatic N) is 1. The van der Waals surface area contributed by atoms with E-state index in [1.807, 2.05) is 0 Å². The summed E-state index contributed by atoms with van der Waals surface area (Å²) in [7, 11) is -3.92. The van der Waals surface area contributed by atoms with Gasteiger partial charge in [0.2, 0.25) is 10.0 Å². The minimum atomic E-state index is -3.92. The maximum Gasteiger partial charge on any atom is 0.324 e. The predicted molar refractivity (Wildman–Crippen MR) is 94.1 cm³/mol. The molecule has 0 aromatic heterocycles. The smallest absolute Gasteiger partial charge is 0.324 e. The van der Waals surface area contributed by atoms with E-state index in [1.165, 1.54) is 49.4 Å². The average molecular weight is 399 g/mol. The number of rotatable bonds is 7. The molecule has 0 saturated carbocycles. The fraction of sp³-hybridized carbons (Fsp3) is 0.188. The lowest BCUT2D eigenvalue weighted by Gasteiger charge is -2.14. The normalized spacial score (nSPS) is 12.4. The van der Waals surface area contributed by atoms with E-state index in [4.69, 9.17) is 16.3 Å². The van der Waals surface area contributed by atoms with Crippen molar-refractivity contribution in [1.29, 1.82) is 0 Å². The molecule has 2 aromatic rings. The standard InChI is InChI=1S/C16H15ClN2O6S/c1-11(18-26(23,24)15-7-5-13(17)6-8-15)16(20)25-10-12-3-2-4-14(9-12)19(21)22/h2-9,11,18H,10H2,1H3/t11-/m0/s1. The number of nitro benzene ring substituents is 1. The molecule has 0 aliphatic carbocycles. The Morgan fingerprint density at radius 2 is 1.92 bits per heavy atom. The third-order valence-corrected chi connectivity index (χ3v) is 5.12. The van der Waals surface area contributed by atoms with E-state index < -0.39 is 27.0 Å². The maximum absolute atomic E-state index is 12.2. The van der Waals surface area contributed by atoms with Crippen molar-refractivity contribution >= 4 is 33.3 Å². The molecule has 0 aliphatic heterocycles. The van der Waals surface area contributed by atoms with Crippen molar-refractivity contribution in [2.24, 2.45) is 0 Å². The van der Waals surface area contributed by atoms with Gasteiger partial charge in [0.15, 0.2) is 0 Å². The summed E-state index contributed by atoms with van der Waals surface area (Å²) >= 11 is 5.72. The lowest BCUT2D eigenvalue weighted by atomic mass is 10.2. The number of halogens is 1. The monoisotopic (exact) mass is 398 g/mol. The molecule has 0 amide bonds. The number of esters is 1. The highest BCUT2D eigenvalue weighted by Crippen LogP contribution is 2.16. The zero-order chi connectivity index (χ0) is 19.3. The van der Waals surface area contributed by atoms with Crippen LogP contribution >= 0.6 is 11.6 Å². The van der Waals surface area contributed by atoms with Crippen LogP contribution in [0.5, 0.6) is 0 Å². The molecular weight excluding hydrogens is 384 g/mol. The number of carbonyl (C=O) groups is 1. The van der Waals surface area contributed by atoms with Gasteiger partial charge in [-0.1, -0.05) is 23.7 Å². The third-order valence-electron chi connectivity index (χ3n) is 3.31. The first-order valence-corrected chi connectivity index (χ1v) is 9.23. The molecule has 0 fully saturated rings. The van der Waals surface area contributed by atoms with E-state index in [0.29, 0.717) is 10.6 Å². The molecule has 2 aromatic carbocycles. The Morgan fingerprint density at radius 1 is 1.27 bits per heavy atom. The molecule has 0 aliphatic rings. The quantitative estimate of drug-likeness (QED) is 0.435. The number of carbonyl (C=O) groups excluding carboxylic acids is 1. The fourth-order valence-electron chi connectivity index (χ4n) is 2.00. The molecule has 0 radical (unpaired) electrons. The summed E-state index contributed by atoms with van der Waals surface area (Å²) in [4.78, 5) is 22.1. The van der Waals surface area contributed by atoms with Gasteiger partial charge in [0, 0.05) is 17.2 Å². The van der Waals surface area contributed by atoms with Crippen molar-refractivity contribution < 1.29 is 22.9 Å². The van der Waals surface area contributed by atoms with Crippen molar-refractivity contribution in [3.8, 4) is 0 Å². The minimum absolute atomic E-state index is 0.0414. The second-order valence-corrected chi connectivity index (χ2v) is 7.48. The lowest BCUT2D eigenvalue weighted by molar-refractivity contribution is -0.384. The Kier molecular flexibility index (Phi) is 6.30. The number of sulfonamides is 1. The molecule has 1 atom stereocenters. The summed E-state index contributed by atoms with van der Waals surface area (Å²) in [6.07, 6.45) is 0. The Morgan fingerprint density at radius 3 is 2.54 bits per heavy atom. The molecule has 2 rings (SSSR count). The number of hydrogen-bond acceptors (Lipinski definition) is 6. The Balaban J connectivity index is 1.98. The molecule has 0 spiro atoms. The van der Waals surface area contributed by atoms with Crippen LogP contribution in [0.1, 0.15) is 12.5 Å². The number of nitro groups is 1. The van der Waals surface area contributed by atoms with Crippen LogP contribution in [0.25, 0.3) is 0 Å². The number of hydrogen-bond donors (Lipinski definition) is 1. The van der Waals surface area contributed by atoms with Crippen LogP contribution < -0.4 is 4.72 Å². The van der Waals surface area contributed by atoms with Crippen molar-refractivity contribution in [3.05, 3.63) is 69.2 Å². The summed E-state index contributed by atoms with van der Waals surface area (Å²) in [6.45, 7) is 1.12. The topological polar surface area (TPSA) is 116 Å². The zero-order valence-electron chi connectivity index (χ0n) is 13.6. The van der Waals surface area contributed by atoms with Crippen molar-refractivity contribution in [2.75, 3.05) is 0 Å². The lowest BCUT2D eigenvalue weighted by Crippen LogP contribution is -2.39. The molecule has 0 bridgehead atoms. The van der Waals surface area contributed by atoms with E-state index in [-0.39, 0.29) is 17.2 Å². The minimum Gasteiger partial charge on any atom is -0.460 e. The van der Waals surface area contributed by atoms with Crippen molar-refractivity contribution in [2.45, 2.75) is 24.5 Å². The summed E-state index contributed by atoms with van der Waals surface area (Å²) in [5, 5.41) is 11.1. The van der Waals surface area contributed by atoms with E-state index in [9.17, 15) is 23.3 Å². The number of non-ortho nitro benzene ring substituents is 1. The molecule has 26 heavy (non-hydrogen) atoms. The largest absolute Gasteiger partial charge is 0.460 e. The van der Waals surface area contributed by atoms with Gasteiger partial charge in [0.25, 0.3) is 5.69 Å². The van der Waals surface area contributed by atoms with Gasteiger partial charge in [-0.3, -0.25) is 14.9 Å². The van der Waals surface area contributed by atoms with Crippen LogP contribution in [0.3, 0.4) is 0 Å². The van der Waals surface area contributed by atoms with Gasteiger partial charge in [-0.25, -0.2) is 8.42 Å². The van der Waals surface area contributed by atoms with Crippen LogP contribution in [-0.2, 0) is 26.2 Å². The summed E-state index contributed by atoms with van der Waals surface area (Å²) < 4.78 is 31.7. The van der Waals surface area contributed by atoms with Gasteiger partial charge in [-0.05, 0) is 36.8 Å². The van der Waals surface area contributed by atoms with Gasteiger partial charge in [-0.15, -0.1) is 0 Å². The molecule has 0 heterocycles. The first-order chi connectivity index (χ1) is 12.2. The SMILES string of the molecule is C[C@H](NS(=O)(=O)c1ccc(Cl)cc1)C(=O)OCc1cccc([N+](=O)[O-])c1. The zero-order valence-corrected chi connectivity index (χ0v) is 15.2. The highest BCUT2D eigenvalue weighted by atomic mass is 35.5.